The second-order valence-corrected chi connectivity index (χ2v) is 6.66. The molecule has 4 rings (SSSR count). The predicted molar refractivity (Wildman–Crippen MR) is 89.3 cm³/mol. The fourth-order valence-corrected chi connectivity index (χ4v) is 3.85. The van der Waals surface area contributed by atoms with Crippen LogP contribution in [-0.4, -0.2) is 50.8 Å². The molecule has 6 nitrogen and oxygen atoms in total. The zero-order valence-electron chi connectivity index (χ0n) is 14.1. The molecule has 128 valence electrons. The van der Waals surface area contributed by atoms with E-state index in [4.69, 9.17) is 5.10 Å². The molecule has 0 aromatic carbocycles. The Morgan fingerprint density at radius 3 is 2.71 bits per heavy atom. The molecule has 1 aliphatic carbocycles. The maximum Gasteiger partial charge on any atom is 0.183 e. The van der Waals surface area contributed by atoms with Crippen molar-refractivity contribution in [1.29, 1.82) is 0 Å². The van der Waals surface area contributed by atoms with Crippen LogP contribution < -0.4 is 4.90 Å². The number of fused-ring (bicyclic) bond motifs is 1. The largest absolute Gasteiger partial charge is 0.352 e. The van der Waals surface area contributed by atoms with Gasteiger partial charge in [-0.1, -0.05) is 0 Å². The Kier molecular flexibility index (Phi) is 4.18. The van der Waals surface area contributed by atoms with Crippen LogP contribution in [0.4, 0.5) is 10.2 Å². The molecule has 0 atom stereocenters. The highest BCUT2D eigenvalue weighted by Gasteiger charge is 2.24. The first-order valence-electron chi connectivity index (χ1n) is 8.69. The van der Waals surface area contributed by atoms with Gasteiger partial charge in [-0.2, -0.15) is 5.10 Å². The molecule has 24 heavy (non-hydrogen) atoms. The van der Waals surface area contributed by atoms with E-state index in [0.29, 0.717) is 5.82 Å². The molecule has 2 aromatic heterocycles. The molecule has 1 aliphatic heterocycles. The number of piperazine rings is 1. The maximum absolute atomic E-state index is 13.8. The molecule has 2 aromatic rings. The van der Waals surface area contributed by atoms with E-state index in [1.54, 1.807) is 0 Å². The minimum atomic E-state index is -0.343. The summed E-state index contributed by atoms with van der Waals surface area (Å²) in [7, 11) is 2.06. The molecule has 0 radical (unpaired) electrons. The summed E-state index contributed by atoms with van der Waals surface area (Å²) < 4.78 is 15.9. The van der Waals surface area contributed by atoms with Crippen LogP contribution in [0.3, 0.4) is 0 Å². The van der Waals surface area contributed by atoms with Crippen molar-refractivity contribution in [2.45, 2.75) is 32.2 Å². The van der Waals surface area contributed by atoms with Gasteiger partial charge in [0.1, 0.15) is 6.33 Å². The van der Waals surface area contributed by atoms with Crippen LogP contribution in [0.25, 0.3) is 0 Å². The molecule has 0 saturated carbocycles. The van der Waals surface area contributed by atoms with Gasteiger partial charge in [0.15, 0.2) is 11.6 Å². The summed E-state index contributed by atoms with van der Waals surface area (Å²) in [6.07, 6.45) is 7.49. The lowest BCUT2D eigenvalue weighted by atomic mass is 9.95. The molecule has 0 unspecified atom stereocenters. The van der Waals surface area contributed by atoms with Crippen LogP contribution in [0.2, 0.25) is 0 Å². The summed E-state index contributed by atoms with van der Waals surface area (Å²) in [4.78, 5) is 12.2. The Labute approximate surface area is 141 Å². The van der Waals surface area contributed by atoms with Crippen molar-refractivity contribution in [3.05, 3.63) is 35.3 Å². The topological polar surface area (TPSA) is 50.1 Å². The molecule has 0 bridgehead atoms. The van der Waals surface area contributed by atoms with E-state index in [2.05, 4.69) is 26.6 Å². The SMILES string of the molecule is Cn1nc(CN2CCN(c3ncncc3F)CC2)c2c1CCCC2. The molecule has 2 aliphatic rings. The first-order valence-corrected chi connectivity index (χ1v) is 8.69. The van der Waals surface area contributed by atoms with Gasteiger partial charge in [-0.25, -0.2) is 14.4 Å². The quantitative estimate of drug-likeness (QED) is 0.855. The summed E-state index contributed by atoms with van der Waals surface area (Å²) in [5.74, 6) is 0.0737. The fourth-order valence-electron chi connectivity index (χ4n) is 3.85. The van der Waals surface area contributed by atoms with Crippen LogP contribution in [0, 0.1) is 5.82 Å². The molecule has 1 fully saturated rings. The van der Waals surface area contributed by atoms with Gasteiger partial charge in [0, 0.05) is 45.5 Å². The van der Waals surface area contributed by atoms with Gasteiger partial charge >= 0.3 is 0 Å². The van der Waals surface area contributed by atoms with Crippen molar-refractivity contribution in [2.75, 3.05) is 31.1 Å². The predicted octanol–water partition coefficient (Wildman–Crippen LogP) is 1.55. The van der Waals surface area contributed by atoms with Gasteiger partial charge in [0.2, 0.25) is 0 Å². The van der Waals surface area contributed by atoms with E-state index in [1.165, 1.54) is 42.3 Å². The highest BCUT2D eigenvalue weighted by Crippen LogP contribution is 2.25. The van der Waals surface area contributed by atoms with Crippen LogP contribution in [0.5, 0.6) is 0 Å². The highest BCUT2D eigenvalue weighted by molar-refractivity contribution is 5.39. The van der Waals surface area contributed by atoms with E-state index in [0.717, 1.165) is 45.6 Å². The van der Waals surface area contributed by atoms with Crippen molar-refractivity contribution in [2.24, 2.45) is 7.05 Å². The zero-order chi connectivity index (χ0) is 16.5. The number of aromatic nitrogens is 4. The van der Waals surface area contributed by atoms with E-state index in [1.807, 2.05) is 4.90 Å². The van der Waals surface area contributed by atoms with Gasteiger partial charge in [0.25, 0.3) is 0 Å². The molecule has 3 heterocycles. The Morgan fingerprint density at radius 2 is 1.92 bits per heavy atom. The second-order valence-electron chi connectivity index (χ2n) is 6.66. The van der Waals surface area contributed by atoms with Crippen LogP contribution in [0.1, 0.15) is 29.8 Å². The van der Waals surface area contributed by atoms with Crippen molar-refractivity contribution in [3.8, 4) is 0 Å². The van der Waals surface area contributed by atoms with Crippen molar-refractivity contribution >= 4 is 5.82 Å². The third kappa shape index (κ3) is 2.88. The second kappa shape index (κ2) is 6.47. The van der Waals surface area contributed by atoms with Crippen molar-refractivity contribution < 1.29 is 4.39 Å². The zero-order valence-corrected chi connectivity index (χ0v) is 14.1. The maximum atomic E-state index is 13.8. The van der Waals surface area contributed by atoms with Crippen molar-refractivity contribution in [1.82, 2.24) is 24.6 Å². The van der Waals surface area contributed by atoms with Gasteiger partial charge in [-0.3, -0.25) is 9.58 Å². The summed E-state index contributed by atoms with van der Waals surface area (Å²) in [5.41, 5.74) is 4.11. The normalized spacial score (nSPS) is 18.7. The molecule has 0 amide bonds. The number of hydrogen-bond acceptors (Lipinski definition) is 5. The molecule has 7 heteroatoms. The van der Waals surface area contributed by atoms with E-state index >= 15 is 0 Å². The number of nitrogens with zero attached hydrogens (tertiary/aromatic N) is 6. The third-order valence-electron chi connectivity index (χ3n) is 5.14. The number of aryl methyl sites for hydroxylation is 1. The lowest BCUT2D eigenvalue weighted by molar-refractivity contribution is 0.244. The molecular formula is C17H23FN6. The average Bonchev–Trinajstić information content (AvgIpc) is 2.93. The Balaban J connectivity index is 1.41. The smallest absolute Gasteiger partial charge is 0.183 e. The lowest BCUT2D eigenvalue weighted by Crippen LogP contribution is -2.46. The molecular weight excluding hydrogens is 307 g/mol. The first kappa shape index (κ1) is 15.5. The summed E-state index contributed by atoms with van der Waals surface area (Å²) in [6.45, 7) is 4.25. The number of anilines is 1. The van der Waals surface area contributed by atoms with E-state index in [9.17, 15) is 4.39 Å². The first-order chi connectivity index (χ1) is 11.7. The lowest BCUT2D eigenvalue weighted by Gasteiger charge is -2.35. The summed E-state index contributed by atoms with van der Waals surface area (Å²) in [5, 5.41) is 4.76. The Bertz CT molecular complexity index is 720. The van der Waals surface area contributed by atoms with Gasteiger partial charge in [0.05, 0.1) is 11.9 Å². The van der Waals surface area contributed by atoms with Gasteiger partial charge < -0.3 is 4.90 Å². The fraction of sp³-hybridized carbons (Fsp3) is 0.588. The standard InChI is InChI=1S/C17H23FN6/c1-22-16-5-3-2-4-13(16)15(21-22)11-23-6-8-24(9-7-23)17-14(18)10-19-12-20-17/h10,12H,2-9,11H2,1H3. The summed E-state index contributed by atoms with van der Waals surface area (Å²) >= 11 is 0. The minimum Gasteiger partial charge on any atom is -0.352 e. The summed E-state index contributed by atoms with van der Waals surface area (Å²) in [6, 6.07) is 0. The molecule has 0 spiro atoms. The van der Waals surface area contributed by atoms with Gasteiger partial charge in [-0.05, 0) is 31.2 Å². The number of halogens is 1. The number of rotatable bonds is 3. The van der Waals surface area contributed by atoms with Gasteiger partial charge in [-0.15, -0.1) is 0 Å². The van der Waals surface area contributed by atoms with Crippen LogP contribution in [0.15, 0.2) is 12.5 Å². The van der Waals surface area contributed by atoms with E-state index in [-0.39, 0.29) is 5.82 Å². The Hall–Kier alpha value is -2.02. The van der Waals surface area contributed by atoms with E-state index < -0.39 is 0 Å². The van der Waals surface area contributed by atoms with Crippen LogP contribution >= 0.6 is 0 Å². The van der Waals surface area contributed by atoms with Crippen LogP contribution in [-0.2, 0) is 26.4 Å². The molecule has 0 N–H and O–H groups in total. The average molecular weight is 330 g/mol. The molecule has 1 saturated heterocycles. The third-order valence-corrected chi connectivity index (χ3v) is 5.14. The Morgan fingerprint density at radius 1 is 1.12 bits per heavy atom. The highest BCUT2D eigenvalue weighted by atomic mass is 19.1. The van der Waals surface area contributed by atoms with Crippen molar-refractivity contribution in [3.63, 3.8) is 0 Å². The number of hydrogen-bond donors (Lipinski definition) is 0. The minimum absolute atomic E-state index is 0.343. The monoisotopic (exact) mass is 330 g/mol.